The predicted molar refractivity (Wildman–Crippen MR) is 144 cm³/mol. The Bertz CT molecular complexity index is 1310. The third-order valence-corrected chi connectivity index (χ3v) is 7.76. The molecule has 3 N–H and O–H groups in total. The van der Waals surface area contributed by atoms with Crippen molar-refractivity contribution in [2.45, 2.75) is 77.1 Å². The van der Waals surface area contributed by atoms with E-state index in [0.29, 0.717) is 12.0 Å². The lowest BCUT2D eigenvalue weighted by Gasteiger charge is -2.27. The van der Waals surface area contributed by atoms with Gasteiger partial charge >= 0.3 is 21.5 Å². The molecule has 1 heterocycles. The van der Waals surface area contributed by atoms with Crippen LogP contribution in [0.4, 0.5) is 13.2 Å². The van der Waals surface area contributed by atoms with Gasteiger partial charge in [-0.1, -0.05) is 64.4 Å². The highest BCUT2D eigenvalue weighted by Crippen LogP contribution is 2.23. The number of amides is 2. The van der Waals surface area contributed by atoms with Gasteiger partial charge in [0.2, 0.25) is 11.8 Å². The molecule has 0 fully saturated rings. The van der Waals surface area contributed by atoms with Gasteiger partial charge in [0.1, 0.15) is 18.6 Å². The number of tetrazole rings is 1. The third-order valence-electron chi connectivity index (χ3n) is 6.51. The second-order valence-corrected chi connectivity index (χ2v) is 11.8. The summed E-state index contributed by atoms with van der Waals surface area (Å²) in [5, 5.41) is 16.2. The van der Waals surface area contributed by atoms with Gasteiger partial charge in [-0.05, 0) is 34.2 Å². The molecule has 0 radical (unpaired) electrons. The number of carbonyl (C=O) groups excluding carboxylic acids is 3. The van der Waals surface area contributed by atoms with Gasteiger partial charge in [-0.15, -0.1) is 5.10 Å². The number of hydrogen-bond acceptors (Lipinski definition) is 9. The Morgan fingerprint density at radius 2 is 1.67 bits per heavy atom. The summed E-state index contributed by atoms with van der Waals surface area (Å²) in [6, 6.07) is 4.94. The van der Waals surface area contributed by atoms with E-state index in [2.05, 4.69) is 26.2 Å². The molecule has 13 nitrogen and oxygen atoms in total. The Labute approximate surface area is 242 Å². The molecule has 0 bridgehead atoms. The second-order valence-electron chi connectivity index (χ2n) is 10.1. The van der Waals surface area contributed by atoms with Crippen LogP contribution in [0.5, 0.6) is 0 Å². The lowest BCUT2D eigenvalue weighted by atomic mass is 9.96. The molecule has 0 unspecified atom stereocenters. The first kappa shape index (κ1) is 34.6. The Hall–Kier alpha value is -3.60. The van der Waals surface area contributed by atoms with Crippen LogP contribution in [0.3, 0.4) is 0 Å². The van der Waals surface area contributed by atoms with Crippen LogP contribution in [0, 0.1) is 11.8 Å². The first-order valence-electron chi connectivity index (χ1n) is 13.1. The summed E-state index contributed by atoms with van der Waals surface area (Å²) in [5.41, 5.74) is -4.99. The maximum Gasteiger partial charge on any atom is 0.511 e. The number of rotatable bonds is 15. The minimum Gasteiger partial charge on any atom is -0.467 e. The van der Waals surface area contributed by atoms with Crippen molar-refractivity contribution in [1.82, 2.24) is 35.6 Å². The number of nitrogens with zero attached hydrogens (tertiary/aromatic N) is 4. The largest absolute Gasteiger partial charge is 0.511 e. The number of sulfonamides is 1. The highest BCUT2D eigenvalue weighted by molar-refractivity contribution is 7.90. The topological polar surface area (TPSA) is 174 Å². The van der Waals surface area contributed by atoms with Crippen LogP contribution in [-0.2, 0) is 48.5 Å². The number of hydrogen-bond donors (Lipinski definition) is 3. The van der Waals surface area contributed by atoms with Crippen LogP contribution >= 0.6 is 0 Å². The van der Waals surface area contributed by atoms with E-state index in [9.17, 15) is 36.0 Å². The summed E-state index contributed by atoms with van der Waals surface area (Å²) in [6.07, 6.45) is -0.00276. The van der Waals surface area contributed by atoms with E-state index in [1.54, 1.807) is 55.8 Å². The zero-order chi connectivity index (χ0) is 31.7. The molecular formula is C25H36F3N7O6S. The van der Waals surface area contributed by atoms with Gasteiger partial charge < -0.3 is 15.4 Å². The molecule has 1 aromatic heterocycles. The van der Waals surface area contributed by atoms with Gasteiger partial charge in [-0.25, -0.2) is 22.6 Å². The number of alkyl halides is 3. The van der Waals surface area contributed by atoms with E-state index in [1.165, 1.54) is 7.11 Å². The van der Waals surface area contributed by atoms with Gasteiger partial charge in [0, 0.05) is 12.5 Å². The molecule has 234 valence electrons. The van der Waals surface area contributed by atoms with Crippen molar-refractivity contribution in [3.05, 3.63) is 41.7 Å². The molecular weight excluding hydrogens is 583 g/mol. The number of nitrogens with one attached hydrogen (secondary N) is 3. The lowest BCUT2D eigenvalue weighted by molar-refractivity contribution is -0.146. The fourth-order valence-corrected chi connectivity index (χ4v) is 4.72. The molecule has 0 aliphatic heterocycles. The highest BCUT2D eigenvalue weighted by Gasteiger charge is 2.47. The van der Waals surface area contributed by atoms with Gasteiger partial charge in [0.25, 0.3) is 0 Å². The van der Waals surface area contributed by atoms with Crippen LogP contribution in [0.1, 0.15) is 45.5 Å². The fraction of sp³-hybridized carbons (Fsp3) is 0.600. The van der Waals surface area contributed by atoms with Crippen molar-refractivity contribution in [1.29, 1.82) is 0 Å². The number of benzene rings is 1. The molecule has 2 aromatic rings. The molecule has 2 amide bonds. The van der Waals surface area contributed by atoms with Gasteiger partial charge in [-0.3, -0.25) is 9.59 Å². The van der Waals surface area contributed by atoms with Crippen molar-refractivity contribution in [2.24, 2.45) is 11.8 Å². The summed E-state index contributed by atoms with van der Waals surface area (Å²) < 4.78 is 70.5. The summed E-state index contributed by atoms with van der Waals surface area (Å²) in [7, 11) is -4.51. The highest BCUT2D eigenvalue weighted by atomic mass is 32.2. The molecule has 42 heavy (non-hydrogen) atoms. The van der Waals surface area contributed by atoms with Crippen LogP contribution in [0.25, 0.3) is 0 Å². The average Bonchev–Trinajstić information content (AvgIpc) is 3.34. The summed E-state index contributed by atoms with van der Waals surface area (Å²) >= 11 is 0. The molecule has 1 aromatic carbocycles. The van der Waals surface area contributed by atoms with E-state index >= 15 is 0 Å². The standard InChI is InChI=1S/C25H36F3N7O6S/c1-6-16(4)22(23(37)30-21(15(2)3)24(38)41-5)29-20(36)14-35-19(31-33-34-35)13-18(12-17-10-8-7-9-11-17)32-42(39,40)25(26,27)28/h7-11,15-16,18,21-22,32H,6,12-14H2,1-5H3,(H,29,36)(H,30,37)/t16-,18-,21-,22-/m0/s1. The van der Waals surface area contributed by atoms with Crippen molar-refractivity contribution in [3.63, 3.8) is 0 Å². The summed E-state index contributed by atoms with van der Waals surface area (Å²) in [5.74, 6) is -2.65. The molecule has 0 aliphatic rings. The predicted octanol–water partition coefficient (Wildman–Crippen LogP) is 1.11. The fourth-order valence-electron chi connectivity index (χ4n) is 3.98. The Kier molecular flexibility index (Phi) is 12.4. The van der Waals surface area contributed by atoms with Crippen LogP contribution in [-0.4, -0.2) is 77.2 Å². The minimum absolute atomic E-state index is 0.0638. The van der Waals surface area contributed by atoms with Gasteiger partial charge in [-0.2, -0.15) is 13.2 Å². The maximum atomic E-state index is 13.1. The number of carbonyl (C=O) groups is 3. The van der Waals surface area contributed by atoms with Gasteiger partial charge in [0.15, 0.2) is 5.82 Å². The monoisotopic (exact) mass is 619 g/mol. The van der Waals surface area contributed by atoms with Crippen molar-refractivity contribution >= 4 is 27.8 Å². The minimum atomic E-state index is -5.70. The molecule has 0 saturated carbocycles. The van der Waals surface area contributed by atoms with Gasteiger partial charge in [0.05, 0.1) is 7.11 Å². The normalized spacial score (nSPS) is 15.0. The molecule has 0 aliphatic carbocycles. The Morgan fingerprint density at radius 1 is 1.02 bits per heavy atom. The molecule has 4 atom stereocenters. The average molecular weight is 620 g/mol. The van der Waals surface area contributed by atoms with E-state index in [-0.39, 0.29) is 30.5 Å². The number of methoxy groups -OCH3 is 1. The smallest absolute Gasteiger partial charge is 0.467 e. The Morgan fingerprint density at radius 3 is 2.21 bits per heavy atom. The zero-order valence-electron chi connectivity index (χ0n) is 23.9. The number of esters is 1. The number of aromatic nitrogens is 4. The first-order valence-corrected chi connectivity index (χ1v) is 14.6. The third kappa shape index (κ3) is 9.75. The Balaban J connectivity index is 2.22. The van der Waals surface area contributed by atoms with Crippen LogP contribution in [0.2, 0.25) is 0 Å². The first-order chi connectivity index (χ1) is 19.6. The van der Waals surface area contributed by atoms with E-state index in [4.69, 9.17) is 4.74 Å². The summed E-state index contributed by atoms with van der Waals surface area (Å²) in [4.78, 5) is 38.2. The van der Waals surface area contributed by atoms with Crippen molar-refractivity contribution in [3.8, 4) is 0 Å². The molecule has 17 heteroatoms. The van der Waals surface area contributed by atoms with Crippen molar-refractivity contribution in [2.75, 3.05) is 7.11 Å². The van der Waals surface area contributed by atoms with Crippen LogP contribution < -0.4 is 15.4 Å². The van der Waals surface area contributed by atoms with E-state index in [1.807, 2.05) is 6.92 Å². The number of halogens is 3. The quantitative estimate of drug-likeness (QED) is 0.247. The van der Waals surface area contributed by atoms with E-state index in [0.717, 1.165) is 4.68 Å². The number of ether oxygens (including phenoxy) is 1. The zero-order valence-corrected chi connectivity index (χ0v) is 24.7. The molecule has 2 rings (SSSR count). The maximum absolute atomic E-state index is 13.1. The second kappa shape index (κ2) is 15.0. The molecule has 0 saturated heterocycles. The summed E-state index contributed by atoms with van der Waals surface area (Å²) in [6.45, 7) is 6.47. The molecule has 0 spiro atoms. The van der Waals surface area contributed by atoms with Crippen molar-refractivity contribution < 1.29 is 40.7 Å². The van der Waals surface area contributed by atoms with Crippen LogP contribution in [0.15, 0.2) is 30.3 Å². The lowest BCUT2D eigenvalue weighted by Crippen LogP contribution is -2.55. The van der Waals surface area contributed by atoms with E-state index < -0.39 is 58.0 Å². The SMILES string of the molecule is CC[C@H](C)[C@H](NC(=O)Cn1nnnc1C[C@H](Cc1ccccc1)NS(=O)(=O)C(F)(F)F)C(=O)N[C@H](C(=O)OC)C(C)C.